The second kappa shape index (κ2) is 6.99. The van der Waals surface area contributed by atoms with Gasteiger partial charge < -0.3 is 10.1 Å². The van der Waals surface area contributed by atoms with Crippen LogP contribution in [0, 0.1) is 13.8 Å². The fourth-order valence-electron chi connectivity index (χ4n) is 1.46. The van der Waals surface area contributed by atoms with Crippen LogP contribution in [0.3, 0.4) is 0 Å². The van der Waals surface area contributed by atoms with Gasteiger partial charge in [-0.3, -0.25) is 0 Å². The van der Waals surface area contributed by atoms with Gasteiger partial charge in [-0.2, -0.15) is 0 Å². The minimum Gasteiger partial charge on any atom is -0.379 e. The smallest absolute Gasteiger partial charge is 0.0900 e. The first-order valence-corrected chi connectivity index (χ1v) is 6.66. The average molecular weight is 242 g/mol. The highest BCUT2D eigenvalue weighted by Crippen LogP contribution is 2.16. The second-order valence-electron chi connectivity index (χ2n) is 4.19. The highest BCUT2D eigenvalue weighted by atomic mass is 32.1. The van der Waals surface area contributed by atoms with Gasteiger partial charge in [0, 0.05) is 18.0 Å². The molecule has 0 radical (unpaired) electrons. The molecule has 0 bridgehead atoms. The molecule has 3 nitrogen and oxygen atoms in total. The highest BCUT2D eigenvalue weighted by molar-refractivity contribution is 7.11. The van der Waals surface area contributed by atoms with Crippen LogP contribution >= 0.6 is 11.3 Å². The molecule has 0 amide bonds. The Bertz CT molecular complexity index is 310. The molecule has 0 aliphatic carbocycles. The Labute approximate surface area is 102 Å². The van der Waals surface area contributed by atoms with Crippen molar-refractivity contribution < 1.29 is 4.74 Å². The Morgan fingerprint density at radius 1 is 1.38 bits per heavy atom. The molecule has 0 aromatic carbocycles. The predicted octanol–water partition coefficient (Wildman–Crippen LogP) is 2.66. The summed E-state index contributed by atoms with van der Waals surface area (Å²) < 4.78 is 5.47. The quantitative estimate of drug-likeness (QED) is 0.746. The molecule has 0 aliphatic rings. The summed E-state index contributed by atoms with van der Waals surface area (Å²) in [5.74, 6) is 0. The largest absolute Gasteiger partial charge is 0.379 e. The molecule has 0 fully saturated rings. The average Bonchev–Trinajstić information content (AvgIpc) is 2.50. The number of hydrogen-bond donors (Lipinski definition) is 1. The molecular formula is C12H22N2OS. The van der Waals surface area contributed by atoms with Crippen molar-refractivity contribution >= 4 is 11.3 Å². The summed E-state index contributed by atoms with van der Waals surface area (Å²) in [6.07, 6.45) is 1.40. The van der Waals surface area contributed by atoms with Crippen molar-refractivity contribution in [2.75, 3.05) is 13.2 Å². The maximum atomic E-state index is 5.47. The van der Waals surface area contributed by atoms with E-state index < -0.39 is 0 Å². The van der Waals surface area contributed by atoms with Crippen LogP contribution in [-0.4, -0.2) is 24.2 Å². The molecule has 0 spiro atoms. The van der Waals surface area contributed by atoms with E-state index in [1.165, 1.54) is 4.88 Å². The monoisotopic (exact) mass is 242 g/mol. The van der Waals surface area contributed by atoms with Crippen molar-refractivity contribution in [1.82, 2.24) is 10.3 Å². The third-order valence-electron chi connectivity index (χ3n) is 2.23. The number of hydrogen-bond acceptors (Lipinski definition) is 4. The maximum absolute atomic E-state index is 5.47. The second-order valence-corrected chi connectivity index (χ2v) is 5.48. The SMILES string of the molecule is Cc1nc(C)c(CNCCCOC(C)C)s1. The molecule has 0 saturated carbocycles. The van der Waals surface area contributed by atoms with Crippen LogP contribution in [0.5, 0.6) is 0 Å². The lowest BCUT2D eigenvalue weighted by atomic mass is 10.3. The molecule has 16 heavy (non-hydrogen) atoms. The van der Waals surface area contributed by atoms with E-state index in [2.05, 4.69) is 38.0 Å². The first-order chi connectivity index (χ1) is 7.59. The van der Waals surface area contributed by atoms with E-state index in [4.69, 9.17) is 4.74 Å². The molecule has 0 aliphatic heterocycles. The van der Waals surface area contributed by atoms with E-state index in [1.54, 1.807) is 11.3 Å². The van der Waals surface area contributed by atoms with Crippen molar-refractivity contribution in [1.29, 1.82) is 0 Å². The van der Waals surface area contributed by atoms with Gasteiger partial charge in [-0.05, 0) is 40.7 Å². The number of nitrogens with one attached hydrogen (secondary N) is 1. The first kappa shape index (κ1) is 13.6. The van der Waals surface area contributed by atoms with Crippen LogP contribution in [0.15, 0.2) is 0 Å². The highest BCUT2D eigenvalue weighted by Gasteiger charge is 2.03. The number of nitrogens with zero attached hydrogens (tertiary/aromatic N) is 1. The summed E-state index contributed by atoms with van der Waals surface area (Å²) in [6.45, 7) is 11.0. The molecule has 1 aromatic rings. The Morgan fingerprint density at radius 3 is 2.69 bits per heavy atom. The minimum atomic E-state index is 0.339. The summed E-state index contributed by atoms with van der Waals surface area (Å²) in [4.78, 5) is 5.75. The van der Waals surface area contributed by atoms with Crippen molar-refractivity contribution in [2.45, 2.75) is 46.8 Å². The lowest BCUT2D eigenvalue weighted by Crippen LogP contribution is -2.17. The molecule has 0 atom stereocenters. The molecule has 92 valence electrons. The molecule has 1 rings (SSSR count). The number of thiazole rings is 1. The van der Waals surface area contributed by atoms with E-state index in [0.717, 1.165) is 36.8 Å². The van der Waals surface area contributed by atoms with E-state index >= 15 is 0 Å². The van der Waals surface area contributed by atoms with E-state index in [9.17, 15) is 0 Å². The molecule has 1 aromatic heterocycles. The van der Waals surface area contributed by atoms with Gasteiger partial charge >= 0.3 is 0 Å². The van der Waals surface area contributed by atoms with E-state index in [-0.39, 0.29) is 0 Å². The number of aromatic nitrogens is 1. The standard InChI is InChI=1S/C12H22N2OS/c1-9(2)15-7-5-6-13-8-12-10(3)14-11(4)16-12/h9,13H,5-8H2,1-4H3. The Morgan fingerprint density at radius 2 is 2.12 bits per heavy atom. The summed E-state index contributed by atoms with van der Waals surface area (Å²) in [5, 5.41) is 4.57. The number of aryl methyl sites for hydroxylation is 2. The molecule has 0 unspecified atom stereocenters. The zero-order valence-corrected chi connectivity index (χ0v) is 11.5. The third kappa shape index (κ3) is 5.05. The summed E-state index contributed by atoms with van der Waals surface area (Å²) in [7, 11) is 0. The lowest BCUT2D eigenvalue weighted by molar-refractivity contribution is 0.0770. The molecule has 1 heterocycles. The Balaban J connectivity index is 2.09. The van der Waals surface area contributed by atoms with Gasteiger partial charge in [0.1, 0.15) is 0 Å². The zero-order chi connectivity index (χ0) is 12.0. The Kier molecular flexibility index (Phi) is 5.95. The van der Waals surface area contributed by atoms with Crippen LogP contribution in [0.4, 0.5) is 0 Å². The molecule has 1 N–H and O–H groups in total. The normalized spacial score (nSPS) is 11.3. The topological polar surface area (TPSA) is 34.2 Å². The van der Waals surface area contributed by atoms with Crippen molar-refractivity contribution in [3.63, 3.8) is 0 Å². The van der Waals surface area contributed by atoms with Crippen LogP contribution in [0.25, 0.3) is 0 Å². The molecule has 4 heteroatoms. The summed E-state index contributed by atoms with van der Waals surface area (Å²) >= 11 is 1.78. The maximum Gasteiger partial charge on any atom is 0.0900 e. The van der Waals surface area contributed by atoms with Gasteiger partial charge in [-0.25, -0.2) is 4.98 Å². The lowest BCUT2D eigenvalue weighted by Gasteiger charge is -2.07. The van der Waals surface area contributed by atoms with Crippen LogP contribution in [0.1, 0.15) is 35.8 Å². The van der Waals surface area contributed by atoms with Gasteiger partial charge in [0.05, 0.1) is 16.8 Å². The zero-order valence-electron chi connectivity index (χ0n) is 10.7. The minimum absolute atomic E-state index is 0.339. The molecule has 0 saturated heterocycles. The van der Waals surface area contributed by atoms with E-state index in [1.807, 2.05) is 0 Å². The van der Waals surface area contributed by atoms with E-state index in [0.29, 0.717) is 6.10 Å². The fraction of sp³-hybridized carbons (Fsp3) is 0.750. The predicted molar refractivity (Wildman–Crippen MR) is 69.0 cm³/mol. The van der Waals surface area contributed by atoms with Crippen LogP contribution in [-0.2, 0) is 11.3 Å². The number of rotatable bonds is 7. The fourth-order valence-corrected chi connectivity index (χ4v) is 2.36. The van der Waals surface area contributed by atoms with Crippen molar-refractivity contribution in [2.24, 2.45) is 0 Å². The van der Waals surface area contributed by atoms with Gasteiger partial charge in [-0.1, -0.05) is 0 Å². The van der Waals surface area contributed by atoms with Gasteiger partial charge in [0.25, 0.3) is 0 Å². The molecular weight excluding hydrogens is 220 g/mol. The summed E-state index contributed by atoms with van der Waals surface area (Å²) in [5.41, 5.74) is 1.16. The van der Waals surface area contributed by atoms with Crippen LogP contribution < -0.4 is 5.32 Å². The van der Waals surface area contributed by atoms with Crippen molar-refractivity contribution in [3.05, 3.63) is 15.6 Å². The Hall–Kier alpha value is -0.450. The third-order valence-corrected chi connectivity index (χ3v) is 3.31. The van der Waals surface area contributed by atoms with Crippen molar-refractivity contribution in [3.8, 4) is 0 Å². The van der Waals surface area contributed by atoms with Gasteiger partial charge in [0.15, 0.2) is 0 Å². The summed E-state index contributed by atoms with van der Waals surface area (Å²) in [6, 6.07) is 0. The van der Waals surface area contributed by atoms with Crippen LogP contribution in [0.2, 0.25) is 0 Å². The number of ether oxygens (including phenoxy) is 1. The first-order valence-electron chi connectivity index (χ1n) is 5.85. The van der Waals surface area contributed by atoms with Gasteiger partial charge in [0.2, 0.25) is 0 Å². The van der Waals surface area contributed by atoms with Gasteiger partial charge in [-0.15, -0.1) is 11.3 Å².